The first-order chi connectivity index (χ1) is 6.55. The fourth-order valence-electron chi connectivity index (χ4n) is 2.12. The summed E-state index contributed by atoms with van der Waals surface area (Å²) in [7, 11) is 0. The molecule has 0 bridgehead atoms. The van der Waals surface area contributed by atoms with Crippen LogP contribution in [0, 0.1) is 11.3 Å². The maximum absolute atomic E-state index is 11.4. The molecule has 14 heavy (non-hydrogen) atoms. The first kappa shape index (κ1) is 13.5. The predicted octanol–water partition coefficient (Wildman–Crippen LogP) is 3.70. The molecular weight excluding hydrogens is 176 g/mol. The van der Waals surface area contributed by atoms with Crippen molar-refractivity contribution in [2.24, 2.45) is 11.3 Å². The molecule has 0 saturated heterocycles. The van der Waals surface area contributed by atoms with Gasteiger partial charge in [0.1, 0.15) is 0 Å². The number of hydrogen-bond acceptors (Lipinski definition) is 1. The minimum absolute atomic E-state index is 0.275. The van der Waals surface area contributed by atoms with Crippen LogP contribution in [0.15, 0.2) is 0 Å². The zero-order valence-electron chi connectivity index (χ0n) is 9.97. The Morgan fingerprint density at radius 2 is 1.93 bits per heavy atom. The van der Waals surface area contributed by atoms with Gasteiger partial charge in [0, 0.05) is 0 Å². The van der Waals surface area contributed by atoms with Crippen molar-refractivity contribution in [3.8, 4) is 0 Å². The van der Waals surface area contributed by atoms with Gasteiger partial charge in [-0.1, -0.05) is 47.0 Å². The van der Waals surface area contributed by atoms with Crippen LogP contribution in [0.5, 0.6) is 0 Å². The molecule has 0 aromatic rings. The van der Waals surface area contributed by atoms with Crippen LogP contribution in [0.4, 0.5) is 0 Å². The number of carboxylic acid groups (broad SMARTS) is 1. The van der Waals surface area contributed by atoms with Gasteiger partial charge in [-0.15, -0.1) is 0 Å². The molecule has 0 aliphatic heterocycles. The van der Waals surface area contributed by atoms with E-state index in [2.05, 4.69) is 20.8 Å². The molecule has 2 unspecified atom stereocenters. The van der Waals surface area contributed by atoms with Crippen LogP contribution in [0.25, 0.3) is 0 Å². The van der Waals surface area contributed by atoms with Gasteiger partial charge in [-0.25, -0.2) is 0 Å². The molecule has 0 rings (SSSR count). The molecule has 1 N–H and O–H groups in total. The van der Waals surface area contributed by atoms with E-state index in [1.165, 1.54) is 0 Å². The Labute approximate surface area is 87.7 Å². The predicted molar refractivity (Wildman–Crippen MR) is 59.3 cm³/mol. The van der Waals surface area contributed by atoms with Crippen molar-refractivity contribution >= 4 is 5.97 Å². The highest BCUT2D eigenvalue weighted by atomic mass is 16.4. The zero-order valence-corrected chi connectivity index (χ0v) is 9.97. The van der Waals surface area contributed by atoms with Crippen molar-refractivity contribution in [2.75, 3.05) is 0 Å². The number of carbonyl (C=O) groups is 1. The maximum Gasteiger partial charge on any atom is 0.309 e. The second kappa shape index (κ2) is 6.05. The third kappa shape index (κ3) is 2.73. The molecule has 0 spiro atoms. The van der Waals surface area contributed by atoms with E-state index in [1.807, 2.05) is 6.92 Å². The Morgan fingerprint density at radius 1 is 1.36 bits per heavy atom. The van der Waals surface area contributed by atoms with Gasteiger partial charge >= 0.3 is 5.97 Å². The van der Waals surface area contributed by atoms with Gasteiger partial charge in [-0.3, -0.25) is 4.79 Å². The molecule has 0 aromatic carbocycles. The second-order valence-electron chi connectivity index (χ2n) is 4.23. The number of unbranched alkanes of at least 4 members (excludes halogenated alkanes) is 1. The minimum atomic E-state index is -0.609. The van der Waals surface area contributed by atoms with E-state index in [0.29, 0.717) is 0 Å². The van der Waals surface area contributed by atoms with Gasteiger partial charge in [0.25, 0.3) is 0 Å². The summed E-state index contributed by atoms with van der Waals surface area (Å²) in [5.41, 5.74) is -0.481. The Morgan fingerprint density at radius 3 is 2.21 bits per heavy atom. The van der Waals surface area contributed by atoms with E-state index >= 15 is 0 Å². The monoisotopic (exact) mass is 200 g/mol. The topological polar surface area (TPSA) is 37.3 Å². The second-order valence-corrected chi connectivity index (χ2v) is 4.23. The van der Waals surface area contributed by atoms with Gasteiger partial charge in [0.15, 0.2) is 0 Å². The summed E-state index contributed by atoms with van der Waals surface area (Å²) < 4.78 is 0. The number of aliphatic carboxylic acids is 1. The third-order valence-corrected chi connectivity index (χ3v) is 3.59. The average Bonchev–Trinajstić information content (AvgIpc) is 2.18. The molecule has 0 saturated carbocycles. The molecule has 2 heteroatoms. The van der Waals surface area contributed by atoms with Crippen LogP contribution >= 0.6 is 0 Å². The van der Waals surface area contributed by atoms with E-state index < -0.39 is 11.4 Å². The standard InChI is InChI=1S/C12H24O2/c1-5-8-9-12(7-3,11(13)14)10(4)6-2/h10H,5-9H2,1-4H3,(H,13,14). The first-order valence-electron chi connectivity index (χ1n) is 5.78. The molecule has 0 radical (unpaired) electrons. The molecule has 2 nitrogen and oxygen atoms in total. The largest absolute Gasteiger partial charge is 0.481 e. The van der Waals surface area contributed by atoms with Crippen molar-refractivity contribution in [3.05, 3.63) is 0 Å². The lowest BCUT2D eigenvalue weighted by atomic mass is 9.69. The van der Waals surface area contributed by atoms with Crippen LogP contribution in [0.3, 0.4) is 0 Å². The normalized spacial score (nSPS) is 17.4. The van der Waals surface area contributed by atoms with Crippen molar-refractivity contribution in [1.82, 2.24) is 0 Å². The van der Waals surface area contributed by atoms with Crippen LogP contribution in [0.1, 0.15) is 59.8 Å². The highest BCUT2D eigenvalue weighted by Crippen LogP contribution is 2.39. The molecule has 0 aromatic heterocycles. The van der Waals surface area contributed by atoms with Crippen molar-refractivity contribution in [1.29, 1.82) is 0 Å². The van der Waals surface area contributed by atoms with Gasteiger partial charge in [0.2, 0.25) is 0 Å². The summed E-state index contributed by atoms with van der Waals surface area (Å²) in [6.45, 7) is 8.24. The SMILES string of the molecule is CCCCC(CC)(C(=O)O)C(C)CC. The minimum Gasteiger partial charge on any atom is -0.481 e. The van der Waals surface area contributed by atoms with Crippen molar-refractivity contribution < 1.29 is 9.90 Å². The van der Waals surface area contributed by atoms with E-state index in [-0.39, 0.29) is 5.92 Å². The highest BCUT2D eigenvalue weighted by molar-refractivity contribution is 5.74. The smallest absolute Gasteiger partial charge is 0.309 e. The van der Waals surface area contributed by atoms with Gasteiger partial charge in [0.05, 0.1) is 5.41 Å². The van der Waals surface area contributed by atoms with Crippen LogP contribution in [-0.4, -0.2) is 11.1 Å². The molecule has 0 aliphatic carbocycles. The third-order valence-electron chi connectivity index (χ3n) is 3.59. The highest BCUT2D eigenvalue weighted by Gasteiger charge is 2.40. The number of rotatable bonds is 7. The maximum atomic E-state index is 11.4. The summed E-state index contributed by atoms with van der Waals surface area (Å²) in [5, 5.41) is 9.35. The molecule has 0 fully saturated rings. The summed E-state index contributed by atoms with van der Waals surface area (Å²) >= 11 is 0. The average molecular weight is 200 g/mol. The zero-order chi connectivity index (χ0) is 11.2. The summed E-state index contributed by atoms with van der Waals surface area (Å²) in [4.78, 5) is 11.4. The molecule has 2 atom stereocenters. The van der Waals surface area contributed by atoms with Gasteiger partial charge in [-0.2, -0.15) is 0 Å². The van der Waals surface area contributed by atoms with Crippen LogP contribution in [-0.2, 0) is 4.79 Å². The number of hydrogen-bond donors (Lipinski definition) is 1. The Hall–Kier alpha value is -0.530. The van der Waals surface area contributed by atoms with Gasteiger partial charge < -0.3 is 5.11 Å². The summed E-state index contributed by atoms with van der Waals surface area (Å²) in [6, 6.07) is 0. The van der Waals surface area contributed by atoms with E-state index in [0.717, 1.165) is 32.1 Å². The quantitative estimate of drug-likeness (QED) is 0.680. The van der Waals surface area contributed by atoms with E-state index in [4.69, 9.17) is 0 Å². The van der Waals surface area contributed by atoms with E-state index in [9.17, 15) is 9.90 Å². The fraction of sp³-hybridized carbons (Fsp3) is 0.917. The van der Waals surface area contributed by atoms with Crippen molar-refractivity contribution in [3.63, 3.8) is 0 Å². The molecule has 0 heterocycles. The molecular formula is C12H24O2. The van der Waals surface area contributed by atoms with Crippen LogP contribution in [0.2, 0.25) is 0 Å². The molecule has 84 valence electrons. The lowest BCUT2D eigenvalue weighted by molar-refractivity contribution is -0.153. The first-order valence-corrected chi connectivity index (χ1v) is 5.78. The molecule has 0 amide bonds. The van der Waals surface area contributed by atoms with Gasteiger partial charge in [-0.05, 0) is 18.8 Å². The van der Waals surface area contributed by atoms with Crippen LogP contribution < -0.4 is 0 Å². The Balaban J connectivity index is 4.69. The fourth-order valence-corrected chi connectivity index (χ4v) is 2.12. The Kier molecular flexibility index (Phi) is 5.82. The molecule has 0 aliphatic rings. The number of carboxylic acids is 1. The summed E-state index contributed by atoms with van der Waals surface area (Å²) in [5.74, 6) is -0.334. The lowest BCUT2D eigenvalue weighted by Crippen LogP contribution is -2.36. The van der Waals surface area contributed by atoms with E-state index in [1.54, 1.807) is 0 Å². The lowest BCUT2D eigenvalue weighted by Gasteiger charge is -2.34. The Bertz CT molecular complexity index is 177. The van der Waals surface area contributed by atoms with Crippen molar-refractivity contribution in [2.45, 2.75) is 59.8 Å². The summed E-state index contributed by atoms with van der Waals surface area (Å²) in [6.07, 6.45) is 4.61.